The molecule has 0 atom stereocenters. The summed E-state index contributed by atoms with van der Waals surface area (Å²) < 4.78 is 21.5. The van der Waals surface area contributed by atoms with E-state index in [1.165, 1.54) is 13.8 Å². The van der Waals surface area contributed by atoms with E-state index in [9.17, 15) is 13.2 Å². The van der Waals surface area contributed by atoms with Crippen LogP contribution in [0.3, 0.4) is 0 Å². The summed E-state index contributed by atoms with van der Waals surface area (Å²) in [7, 11) is -3.11. The summed E-state index contributed by atoms with van der Waals surface area (Å²) in [6, 6.07) is 0. The average molecular weight is 177 g/mol. The lowest BCUT2D eigenvalue weighted by molar-refractivity contribution is -0.118. The molecule has 1 N–H and O–H groups in total. The number of sulfone groups is 1. The Kier molecular flexibility index (Phi) is 3.81. The minimum absolute atomic E-state index is 0.0447. The van der Waals surface area contributed by atoms with E-state index in [1.807, 2.05) is 0 Å². The van der Waals surface area contributed by atoms with E-state index in [-0.39, 0.29) is 11.7 Å². The first-order valence-corrected chi connectivity index (χ1v) is 4.86. The molecule has 11 heavy (non-hydrogen) atoms. The smallest absolute Gasteiger partial charge is 0.220 e. The van der Waals surface area contributed by atoms with Gasteiger partial charge in [0.25, 0.3) is 0 Å². The highest BCUT2D eigenvalue weighted by molar-refractivity contribution is 7.94. The number of nitrogens with one attached hydrogen (secondary N) is 1. The number of hydrogen-bond acceptors (Lipinski definition) is 3. The number of rotatable bonds is 3. The lowest BCUT2D eigenvalue weighted by Gasteiger charge is -1.91. The Balaban J connectivity index is 4.04. The van der Waals surface area contributed by atoms with Crippen molar-refractivity contribution >= 4 is 15.7 Å². The normalized spacial score (nSPS) is 11.8. The highest BCUT2D eigenvalue weighted by atomic mass is 32.2. The van der Waals surface area contributed by atoms with Gasteiger partial charge in [-0.05, 0) is 0 Å². The second kappa shape index (κ2) is 4.12. The summed E-state index contributed by atoms with van der Waals surface area (Å²) in [4.78, 5) is 10.3. The molecule has 5 heteroatoms. The second-order valence-corrected chi connectivity index (χ2v) is 4.13. The van der Waals surface area contributed by atoms with Crippen LogP contribution in [0, 0.1) is 0 Å². The van der Waals surface area contributed by atoms with Gasteiger partial charge in [0.05, 0.1) is 5.75 Å². The van der Waals surface area contributed by atoms with E-state index < -0.39 is 9.84 Å². The van der Waals surface area contributed by atoms with Crippen molar-refractivity contribution in [2.75, 3.05) is 5.75 Å². The Morgan fingerprint density at radius 2 is 2.09 bits per heavy atom. The molecular weight excluding hydrogens is 166 g/mol. The van der Waals surface area contributed by atoms with Crippen LogP contribution in [0.5, 0.6) is 0 Å². The number of amides is 1. The van der Waals surface area contributed by atoms with Gasteiger partial charge in [-0.1, -0.05) is 6.92 Å². The monoisotopic (exact) mass is 177 g/mol. The molecular formula is C6H11NO3S. The average Bonchev–Trinajstić information content (AvgIpc) is 1.87. The van der Waals surface area contributed by atoms with Crippen LogP contribution in [0.4, 0.5) is 0 Å². The first-order chi connectivity index (χ1) is 4.98. The zero-order valence-corrected chi connectivity index (χ0v) is 7.31. The zero-order chi connectivity index (χ0) is 8.91. The van der Waals surface area contributed by atoms with Gasteiger partial charge in [-0.15, -0.1) is 0 Å². The van der Waals surface area contributed by atoms with E-state index >= 15 is 0 Å². The summed E-state index contributed by atoms with van der Waals surface area (Å²) in [5.74, 6) is -0.240. The molecule has 0 saturated heterocycles. The van der Waals surface area contributed by atoms with Crippen LogP contribution in [0.2, 0.25) is 0 Å². The van der Waals surface area contributed by atoms with Crippen LogP contribution in [0.1, 0.15) is 13.8 Å². The molecule has 0 rings (SSSR count). The van der Waals surface area contributed by atoms with Gasteiger partial charge in [0, 0.05) is 18.5 Å². The number of carbonyl (C=O) groups excluding carboxylic acids is 1. The van der Waals surface area contributed by atoms with Crippen molar-refractivity contribution < 1.29 is 13.2 Å². The number of hydrogen-bond donors (Lipinski definition) is 1. The van der Waals surface area contributed by atoms with E-state index in [0.29, 0.717) is 0 Å². The van der Waals surface area contributed by atoms with E-state index in [1.54, 1.807) is 0 Å². The van der Waals surface area contributed by atoms with Gasteiger partial charge in [0.1, 0.15) is 0 Å². The van der Waals surface area contributed by atoms with Gasteiger partial charge >= 0.3 is 0 Å². The van der Waals surface area contributed by atoms with Gasteiger partial charge in [0.15, 0.2) is 9.84 Å². The minimum atomic E-state index is -3.11. The summed E-state index contributed by atoms with van der Waals surface area (Å²) >= 11 is 0. The third kappa shape index (κ3) is 5.60. The second-order valence-electron chi connectivity index (χ2n) is 1.95. The van der Waals surface area contributed by atoms with Crippen LogP contribution >= 0.6 is 0 Å². The van der Waals surface area contributed by atoms with Gasteiger partial charge in [-0.2, -0.15) is 0 Å². The molecule has 0 bridgehead atoms. The highest BCUT2D eigenvalue weighted by Crippen LogP contribution is 1.88. The Morgan fingerprint density at radius 1 is 1.55 bits per heavy atom. The fourth-order valence-corrected chi connectivity index (χ4v) is 0.819. The molecule has 0 fully saturated rings. The Bertz CT molecular complexity index is 253. The van der Waals surface area contributed by atoms with Crippen molar-refractivity contribution in [1.82, 2.24) is 5.32 Å². The predicted molar refractivity (Wildman–Crippen MR) is 42.4 cm³/mol. The van der Waals surface area contributed by atoms with Crippen molar-refractivity contribution in [2.45, 2.75) is 13.8 Å². The summed E-state index contributed by atoms with van der Waals surface area (Å²) in [5.41, 5.74) is 0. The largest absolute Gasteiger partial charge is 0.332 e. The molecule has 0 saturated carbocycles. The first-order valence-electron chi connectivity index (χ1n) is 3.14. The summed E-state index contributed by atoms with van der Waals surface area (Å²) in [5, 5.41) is 3.22. The highest BCUT2D eigenvalue weighted by Gasteiger charge is 1.98. The van der Waals surface area contributed by atoms with Crippen LogP contribution in [-0.4, -0.2) is 20.1 Å². The maximum atomic E-state index is 10.7. The Hall–Kier alpha value is -0.840. The van der Waals surface area contributed by atoms with Crippen molar-refractivity contribution in [3.8, 4) is 0 Å². The third-order valence-electron chi connectivity index (χ3n) is 0.964. The van der Waals surface area contributed by atoms with E-state index in [4.69, 9.17) is 0 Å². The molecule has 0 spiro atoms. The molecule has 0 aromatic rings. The van der Waals surface area contributed by atoms with Crippen LogP contribution in [0.25, 0.3) is 0 Å². The van der Waals surface area contributed by atoms with Crippen LogP contribution in [0.15, 0.2) is 11.6 Å². The standard InChI is InChI=1S/C6H11NO3S/c1-3-11(9,10)5-4-7-6(2)8/h4-5H,3H2,1-2H3,(H,7,8). The maximum absolute atomic E-state index is 10.7. The molecule has 64 valence electrons. The topological polar surface area (TPSA) is 63.2 Å². The molecule has 0 aliphatic carbocycles. The van der Waals surface area contributed by atoms with Crippen molar-refractivity contribution in [2.24, 2.45) is 0 Å². The Morgan fingerprint density at radius 3 is 2.45 bits per heavy atom. The predicted octanol–water partition coefficient (Wildman–Crippen LogP) is 0.0284. The van der Waals surface area contributed by atoms with Crippen molar-refractivity contribution in [3.05, 3.63) is 11.6 Å². The molecule has 0 aromatic carbocycles. The molecule has 0 radical (unpaired) electrons. The first kappa shape index (κ1) is 10.2. The maximum Gasteiger partial charge on any atom is 0.220 e. The minimum Gasteiger partial charge on any atom is -0.332 e. The molecule has 4 nitrogen and oxygen atoms in total. The SMILES string of the molecule is CCS(=O)(=O)C=CNC(C)=O. The third-order valence-corrected chi connectivity index (χ3v) is 2.32. The lowest BCUT2D eigenvalue weighted by Crippen LogP contribution is -2.12. The van der Waals surface area contributed by atoms with Crippen LogP contribution in [-0.2, 0) is 14.6 Å². The molecule has 0 aliphatic rings. The van der Waals surface area contributed by atoms with E-state index in [0.717, 1.165) is 11.6 Å². The summed E-state index contributed by atoms with van der Waals surface area (Å²) in [6.07, 6.45) is 1.13. The van der Waals surface area contributed by atoms with Gasteiger partial charge in [-0.3, -0.25) is 4.79 Å². The van der Waals surface area contributed by atoms with Crippen molar-refractivity contribution in [1.29, 1.82) is 0 Å². The molecule has 0 heterocycles. The molecule has 1 amide bonds. The van der Waals surface area contributed by atoms with Gasteiger partial charge < -0.3 is 5.32 Å². The lowest BCUT2D eigenvalue weighted by atomic mass is 10.7. The quantitative estimate of drug-likeness (QED) is 0.661. The summed E-state index contributed by atoms with van der Waals surface area (Å²) in [6.45, 7) is 2.84. The zero-order valence-electron chi connectivity index (χ0n) is 6.49. The molecule has 0 unspecified atom stereocenters. The molecule has 0 aromatic heterocycles. The fourth-order valence-electron chi connectivity index (χ4n) is 0.351. The van der Waals surface area contributed by atoms with Crippen LogP contribution < -0.4 is 5.32 Å². The fraction of sp³-hybridized carbons (Fsp3) is 0.500. The van der Waals surface area contributed by atoms with Crippen molar-refractivity contribution in [3.63, 3.8) is 0 Å². The van der Waals surface area contributed by atoms with Gasteiger partial charge in [0.2, 0.25) is 5.91 Å². The molecule has 0 aliphatic heterocycles. The van der Waals surface area contributed by atoms with E-state index in [2.05, 4.69) is 5.32 Å². The number of carbonyl (C=O) groups is 1. The Labute approximate surface area is 66.2 Å². The van der Waals surface area contributed by atoms with Gasteiger partial charge in [-0.25, -0.2) is 8.42 Å².